The van der Waals surface area contributed by atoms with E-state index in [2.05, 4.69) is 0 Å². The number of thioether (sulfide) groups is 1. The summed E-state index contributed by atoms with van der Waals surface area (Å²) < 4.78 is 30.2. The van der Waals surface area contributed by atoms with E-state index in [0.29, 0.717) is 0 Å². The molecule has 1 saturated carbocycles. The van der Waals surface area contributed by atoms with E-state index in [1.54, 1.807) is 18.2 Å². The van der Waals surface area contributed by atoms with Crippen molar-refractivity contribution in [1.29, 1.82) is 0 Å². The maximum atomic E-state index is 13.4. The van der Waals surface area contributed by atoms with Gasteiger partial charge in [-0.25, -0.2) is 8.42 Å². The Morgan fingerprint density at radius 3 is 2.04 bits per heavy atom. The normalized spacial score (nSPS) is 24.5. The zero-order chi connectivity index (χ0) is 18.3. The molecule has 0 heterocycles. The van der Waals surface area contributed by atoms with Gasteiger partial charge in [0.1, 0.15) is 0 Å². The summed E-state index contributed by atoms with van der Waals surface area (Å²) in [5, 5.41) is -0.431. The van der Waals surface area contributed by atoms with Crippen LogP contribution < -0.4 is 0 Å². The topological polar surface area (TPSA) is 60.4 Å². The van der Waals surface area contributed by atoms with Gasteiger partial charge in [-0.1, -0.05) is 50.2 Å². The smallest absolute Gasteiger partial charge is 0.329 e. The fourth-order valence-electron chi connectivity index (χ4n) is 3.45. The van der Waals surface area contributed by atoms with E-state index in [4.69, 9.17) is 4.74 Å². The molecular weight excluding hydrogens is 356 g/mol. The van der Waals surface area contributed by atoms with Crippen LogP contribution in [0.3, 0.4) is 0 Å². The number of methoxy groups -OCH3 is 1. The Bertz CT molecular complexity index is 876. The lowest BCUT2D eigenvalue weighted by Gasteiger charge is -2.18. The van der Waals surface area contributed by atoms with E-state index in [0.717, 1.165) is 4.90 Å². The third-order valence-corrected chi connectivity index (χ3v) is 9.40. The molecule has 0 N–H and O–H groups in total. The molecule has 0 aliphatic heterocycles. The van der Waals surface area contributed by atoms with Crippen molar-refractivity contribution >= 4 is 27.6 Å². The summed E-state index contributed by atoms with van der Waals surface area (Å²) in [5.41, 5.74) is -0.755. The third-order valence-electron chi connectivity index (χ3n) is 4.86. The van der Waals surface area contributed by atoms with E-state index in [1.807, 2.05) is 44.2 Å². The third kappa shape index (κ3) is 2.50. The molecular formula is C19H20O4S2. The minimum atomic E-state index is -3.91. The summed E-state index contributed by atoms with van der Waals surface area (Å²) in [6, 6.07) is 17.6. The molecule has 2 unspecified atom stereocenters. The lowest BCUT2D eigenvalue weighted by molar-refractivity contribution is -0.141. The summed E-state index contributed by atoms with van der Waals surface area (Å²) in [7, 11) is -2.67. The lowest BCUT2D eigenvalue weighted by atomic mass is 10.1. The second-order valence-corrected chi connectivity index (χ2v) is 9.88. The van der Waals surface area contributed by atoms with E-state index in [-0.39, 0.29) is 4.90 Å². The predicted molar refractivity (Wildman–Crippen MR) is 98.2 cm³/mol. The van der Waals surface area contributed by atoms with Gasteiger partial charge in [-0.2, -0.15) is 0 Å². The summed E-state index contributed by atoms with van der Waals surface area (Å²) >= 11 is 1.41. The minimum absolute atomic E-state index is 0.143. The molecule has 4 nitrogen and oxygen atoms in total. The average Bonchev–Trinajstić information content (AvgIpc) is 3.12. The van der Waals surface area contributed by atoms with Crippen LogP contribution in [0.15, 0.2) is 70.5 Å². The second kappa shape index (κ2) is 6.18. The van der Waals surface area contributed by atoms with Crippen LogP contribution >= 0.6 is 11.8 Å². The first-order valence-electron chi connectivity index (χ1n) is 7.90. The predicted octanol–water partition coefficient (Wildman–Crippen LogP) is 3.57. The quantitative estimate of drug-likeness (QED) is 0.747. The van der Waals surface area contributed by atoms with Crippen LogP contribution in [-0.2, 0) is 19.4 Å². The Hall–Kier alpha value is -1.79. The molecule has 6 heteroatoms. The van der Waals surface area contributed by atoms with E-state index >= 15 is 0 Å². The monoisotopic (exact) mass is 376 g/mol. The lowest BCUT2D eigenvalue weighted by Crippen LogP contribution is -2.39. The number of sulfone groups is 1. The van der Waals surface area contributed by atoms with Gasteiger partial charge in [-0.15, -0.1) is 11.8 Å². The van der Waals surface area contributed by atoms with Crippen LogP contribution in [0.25, 0.3) is 0 Å². The highest BCUT2D eigenvalue weighted by molar-refractivity contribution is 8.03. The molecule has 1 fully saturated rings. The summed E-state index contributed by atoms with van der Waals surface area (Å²) in [5.74, 6) is -0.699. The van der Waals surface area contributed by atoms with Crippen LogP contribution in [0.5, 0.6) is 0 Å². The van der Waals surface area contributed by atoms with Crippen LogP contribution in [0.4, 0.5) is 0 Å². The van der Waals surface area contributed by atoms with Crippen molar-refractivity contribution in [2.45, 2.75) is 33.6 Å². The Balaban J connectivity index is 2.11. The largest absolute Gasteiger partial charge is 0.468 e. The first-order chi connectivity index (χ1) is 11.8. The maximum absolute atomic E-state index is 13.4. The second-order valence-electron chi connectivity index (χ2n) is 6.58. The van der Waals surface area contributed by atoms with Crippen molar-refractivity contribution in [2.24, 2.45) is 5.41 Å². The summed E-state index contributed by atoms with van der Waals surface area (Å²) in [6.07, 6.45) is 0. The number of carbonyl (C=O) groups is 1. The van der Waals surface area contributed by atoms with Crippen molar-refractivity contribution in [3.8, 4) is 0 Å². The Kier molecular flexibility index (Phi) is 4.45. The van der Waals surface area contributed by atoms with Crippen LogP contribution in [0.2, 0.25) is 0 Å². The van der Waals surface area contributed by atoms with Gasteiger partial charge in [-0.05, 0) is 24.3 Å². The molecule has 0 amide bonds. The molecule has 1 aliphatic rings. The van der Waals surface area contributed by atoms with E-state index < -0.39 is 31.2 Å². The molecule has 0 radical (unpaired) electrons. The molecule has 25 heavy (non-hydrogen) atoms. The fraction of sp³-hybridized carbons (Fsp3) is 0.316. The highest BCUT2D eigenvalue weighted by Crippen LogP contribution is 2.69. The van der Waals surface area contributed by atoms with Crippen molar-refractivity contribution in [3.05, 3.63) is 60.7 Å². The molecule has 0 saturated heterocycles. The number of ether oxygens (including phenoxy) is 1. The SMILES string of the molecule is COC(=O)C1(S(=O)(=O)c2ccccc2)C(Sc2ccccc2)C1(C)C. The van der Waals surface area contributed by atoms with Crippen LogP contribution in [0.1, 0.15) is 13.8 Å². The molecule has 0 spiro atoms. The van der Waals surface area contributed by atoms with Crippen molar-refractivity contribution in [3.63, 3.8) is 0 Å². The van der Waals surface area contributed by atoms with E-state index in [9.17, 15) is 13.2 Å². The molecule has 0 aromatic heterocycles. The van der Waals surface area contributed by atoms with Crippen LogP contribution in [-0.4, -0.2) is 31.5 Å². The van der Waals surface area contributed by atoms with Crippen molar-refractivity contribution < 1.29 is 17.9 Å². The number of rotatable bonds is 5. The van der Waals surface area contributed by atoms with Crippen LogP contribution in [0, 0.1) is 5.41 Å². The first-order valence-corrected chi connectivity index (χ1v) is 10.3. The van der Waals surface area contributed by atoms with Gasteiger partial charge in [0.2, 0.25) is 0 Å². The minimum Gasteiger partial charge on any atom is -0.468 e. The molecule has 3 rings (SSSR count). The fourth-order valence-corrected chi connectivity index (χ4v) is 8.13. The number of carbonyl (C=O) groups excluding carboxylic acids is 1. The molecule has 2 aromatic rings. The first kappa shape index (κ1) is 18.0. The highest BCUT2D eigenvalue weighted by Gasteiger charge is 2.84. The Morgan fingerprint density at radius 2 is 1.52 bits per heavy atom. The molecule has 1 aliphatic carbocycles. The maximum Gasteiger partial charge on any atom is 0.329 e. The van der Waals surface area contributed by atoms with Gasteiger partial charge in [0, 0.05) is 15.6 Å². The Labute approximate surface area is 152 Å². The van der Waals surface area contributed by atoms with E-state index in [1.165, 1.54) is 31.0 Å². The number of hydrogen-bond acceptors (Lipinski definition) is 5. The molecule has 132 valence electrons. The van der Waals surface area contributed by atoms with Gasteiger partial charge in [-0.3, -0.25) is 4.79 Å². The van der Waals surface area contributed by atoms with Crippen molar-refractivity contribution in [2.75, 3.05) is 7.11 Å². The molecule has 2 atom stereocenters. The number of esters is 1. The van der Waals surface area contributed by atoms with Gasteiger partial charge in [0.25, 0.3) is 0 Å². The van der Waals surface area contributed by atoms with Gasteiger partial charge in [0.15, 0.2) is 14.6 Å². The number of benzene rings is 2. The molecule has 2 aromatic carbocycles. The molecule has 0 bridgehead atoms. The van der Waals surface area contributed by atoms with Crippen molar-refractivity contribution in [1.82, 2.24) is 0 Å². The Morgan fingerprint density at radius 1 is 1.00 bits per heavy atom. The number of hydrogen-bond donors (Lipinski definition) is 0. The average molecular weight is 376 g/mol. The zero-order valence-corrected chi connectivity index (χ0v) is 15.9. The van der Waals surface area contributed by atoms with Gasteiger partial charge >= 0.3 is 5.97 Å². The zero-order valence-electron chi connectivity index (χ0n) is 14.3. The highest BCUT2D eigenvalue weighted by atomic mass is 32.2. The van der Waals surface area contributed by atoms with Gasteiger partial charge < -0.3 is 4.74 Å². The summed E-state index contributed by atoms with van der Waals surface area (Å²) in [4.78, 5) is 13.8. The standard InChI is InChI=1S/C19H20O4S2/c1-18(2)16(24-14-10-6-4-7-11-14)19(18,17(20)23-3)25(21,22)15-12-8-5-9-13-15/h4-13,16H,1-3H3. The van der Waals surface area contributed by atoms with Gasteiger partial charge in [0.05, 0.1) is 12.0 Å². The summed E-state index contributed by atoms with van der Waals surface area (Å²) in [6.45, 7) is 3.62.